The molecule has 1 saturated heterocycles. The smallest absolute Gasteiger partial charge is 0.223 e. The number of ether oxygens (including phenoxy) is 1. The fourth-order valence-corrected chi connectivity index (χ4v) is 1.56. The zero-order valence-electron chi connectivity index (χ0n) is 7.95. The maximum atomic E-state index is 11.4. The Morgan fingerprint density at radius 2 is 2.46 bits per heavy atom. The van der Waals surface area contributed by atoms with Gasteiger partial charge in [0.05, 0.1) is 12.7 Å². The highest BCUT2D eigenvalue weighted by molar-refractivity contribution is 5.78. The van der Waals surface area contributed by atoms with Crippen LogP contribution in [0.1, 0.15) is 19.8 Å². The van der Waals surface area contributed by atoms with E-state index in [4.69, 9.17) is 9.84 Å². The molecule has 0 radical (unpaired) electrons. The van der Waals surface area contributed by atoms with Crippen LogP contribution in [0.2, 0.25) is 0 Å². The third-order valence-electron chi connectivity index (χ3n) is 2.27. The van der Waals surface area contributed by atoms with Gasteiger partial charge in [-0.05, 0) is 19.8 Å². The summed E-state index contributed by atoms with van der Waals surface area (Å²) in [7, 11) is 0. The summed E-state index contributed by atoms with van der Waals surface area (Å²) >= 11 is 0. The van der Waals surface area contributed by atoms with Gasteiger partial charge in [0.25, 0.3) is 0 Å². The number of carbonyl (C=O) groups excluding carboxylic acids is 1. The van der Waals surface area contributed by atoms with Crippen molar-refractivity contribution >= 4 is 5.91 Å². The molecule has 1 fully saturated rings. The van der Waals surface area contributed by atoms with Crippen LogP contribution >= 0.6 is 0 Å². The molecule has 0 aliphatic carbocycles. The number of rotatable bonds is 3. The number of nitrogens with one attached hydrogen (secondary N) is 1. The van der Waals surface area contributed by atoms with Crippen LogP contribution in [-0.4, -0.2) is 36.9 Å². The molecule has 1 rings (SSSR count). The summed E-state index contributed by atoms with van der Waals surface area (Å²) in [4.78, 5) is 11.4. The molecule has 2 N–H and O–H groups in total. The summed E-state index contributed by atoms with van der Waals surface area (Å²) in [6.45, 7) is 3.00. The Balaban J connectivity index is 2.28. The van der Waals surface area contributed by atoms with Gasteiger partial charge < -0.3 is 15.2 Å². The lowest BCUT2D eigenvalue weighted by Crippen LogP contribution is -2.37. The predicted molar refractivity (Wildman–Crippen MR) is 48.2 cm³/mol. The summed E-state index contributed by atoms with van der Waals surface area (Å²) in [6, 6.07) is 0. The molecule has 13 heavy (non-hydrogen) atoms. The number of carbonyl (C=O) groups is 1. The van der Waals surface area contributed by atoms with E-state index in [1.54, 1.807) is 0 Å². The Morgan fingerprint density at radius 3 is 3.08 bits per heavy atom. The molecule has 1 aliphatic rings. The van der Waals surface area contributed by atoms with Crippen molar-refractivity contribution in [1.29, 1.82) is 0 Å². The first-order chi connectivity index (χ1) is 6.24. The highest BCUT2D eigenvalue weighted by Crippen LogP contribution is 2.19. The molecule has 0 saturated carbocycles. The first-order valence-electron chi connectivity index (χ1n) is 4.74. The molecule has 2 atom stereocenters. The average Bonchev–Trinajstić information content (AvgIpc) is 2.14. The Bertz CT molecular complexity index is 172. The van der Waals surface area contributed by atoms with Gasteiger partial charge in [-0.1, -0.05) is 0 Å². The zero-order chi connectivity index (χ0) is 9.68. The normalized spacial score (nSPS) is 28.5. The van der Waals surface area contributed by atoms with Gasteiger partial charge in [-0.15, -0.1) is 0 Å². The lowest BCUT2D eigenvalue weighted by atomic mass is 9.95. The van der Waals surface area contributed by atoms with Crippen LogP contribution in [0.4, 0.5) is 0 Å². The molecule has 2 unspecified atom stereocenters. The van der Waals surface area contributed by atoms with E-state index < -0.39 is 0 Å². The fourth-order valence-electron chi connectivity index (χ4n) is 1.56. The quantitative estimate of drug-likeness (QED) is 0.649. The SMILES string of the molecule is CC1CC(C(=O)NCCO)CCO1. The van der Waals surface area contributed by atoms with E-state index in [-0.39, 0.29) is 24.5 Å². The second-order valence-electron chi connectivity index (χ2n) is 3.42. The van der Waals surface area contributed by atoms with E-state index in [0.717, 1.165) is 12.8 Å². The topological polar surface area (TPSA) is 58.6 Å². The van der Waals surface area contributed by atoms with Crippen molar-refractivity contribution in [3.8, 4) is 0 Å². The van der Waals surface area contributed by atoms with Crippen LogP contribution in [0.25, 0.3) is 0 Å². The molecular formula is C9H17NO3. The van der Waals surface area contributed by atoms with Gasteiger partial charge in [-0.25, -0.2) is 0 Å². The monoisotopic (exact) mass is 187 g/mol. The first kappa shape index (κ1) is 10.5. The van der Waals surface area contributed by atoms with Gasteiger partial charge in [0, 0.05) is 19.1 Å². The number of aliphatic hydroxyl groups excluding tert-OH is 1. The lowest BCUT2D eigenvalue weighted by molar-refractivity contribution is -0.129. The molecular weight excluding hydrogens is 170 g/mol. The van der Waals surface area contributed by atoms with Crippen molar-refractivity contribution in [3.63, 3.8) is 0 Å². The zero-order valence-corrected chi connectivity index (χ0v) is 7.95. The van der Waals surface area contributed by atoms with E-state index in [9.17, 15) is 4.79 Å². The van der Waals surface area contributed by atoms with Crippen molar-refractivity contribution in [1.82, 2.24) is 5.32 Å². The number of amides is 1. The van der Waals surface area contributed by atoms with Crippen LogP contribution in [0.5, 0.6) is 0 Å². The molecule has 76 valence electrons. The minimum Gasteiger partial charge on any atom is -0.395 e. The van der Waals surface area contributed by atoms with Gasteiger partial charge in [-0.3, -0.25) is 4.79 Å². The van der Waals surface area contributed by atoms with Crippen LogP contribution in [0.3, 0.4) is 0 Å². The molecule has 0 aromatic carbocycles. The van der Waals surface area contributed by atoms with Gasteiger partial charge >= 0.3 is 0 Å². The molecule has 0 spiro atoms. The number of hydrogen-bond donors (Lipinski definition) is 2. The summed E-state index contributed by atoms with van der Waals surface area (Å²) in [5.41, 5.74) is 0. The van der Waals surface area contributed by atoms with Crippen molar-refractivity contribution in [2.24, 2.45) is 5.92 Å². The Labute approximate surface area is 78.3 Å². The standard InChI is InChI=1S/C9H17NO3/c1-7-6-8(2-5-13-7)9(12)10-3-4-11/h7-8,11H,2-6H2,1H3,(H,10,12). The number of hydrogen-bond acceptors (Lipinski definition) is 3. The van der Waals surface area contributed by atoms with E-state index in [1.165, 1.54) is 0 Å². The molecule has 4 heteroatoms. The third kappa shape index (κ3) is 3.32. The maximum absolute atomic E-state index is 11.4. The van der Waals surface area contributed by atoms with Crippen LogP contribution in [-0.2, 0) is 9.53 Å². The summed E-state index contributed by atoms with van der Waals surface area (Å²) in [6.07, 6.45) is 1.76. The molecule has 1 heterocycles. The van der Waals surface area contributed by atoms with Gasteiger partial charge in [0.2, 0.25) is 5.91 Å². The largest absolute Gasteiger partial charge is 0.395 e. The van der Waals surface area contributed by atoms with Crippen LogP contribution < -0.4 is 5.32 Å². The summed E-state index contributed by atoms with van der Waals surface area (Å²) in [5, 5.41) is 11.2. The second-order valence-corrected chi connectivity index (χ2v) is 3.42. The van der Waals surface area contributed by atoms with Gasteiger partial charge in [0.15, 0.2) is 0 Å². The molecule has 1 aliphatic heterocycles. The molecule has 0 aromatic rings. The van der Waals surface area contributed by atoms with Crippen molar-refractivity contribution < 1.29 is 14.6 Å². The second kappa shape index (κ2) is 5.19. The third-order valence-corrected chi connectivity index (χ3v) is 2.27. The van der Waals surface area contributed by atoms with Crippen molar-refractivity contribution in [2.45, 2.75) is 25.9 Å². The minimum absolute atomic E-state index is 0.00448. The van der Waals surface area contributed by atoms with E-state index in [2.05, 4.69) is 5.32 Å². The van der Waals surface area contributed by atoms with Gasteiger partial charge in [0.1, 0.15) is 0 Å². The highest BCUT2D eigenvalue weighted by atomic mass is 16.5. The van der Waals surface area contributed by atoms with E-state index >= 15 is 0 Å². The van der Waals surface area contributed by atoms with E-state index in [1.807, 2.05) is 6.92 Å². The summed E-state index contributed by atoms with van der Waals surface area (Å²) in [5.74, 6) is 0.111. The Morgan fingerprint density at radius 1 is 1.69 bits per heavy atom. The average molecular weight is 187 g/mol. The Hall–Kier alpha value is -0.610. The van der Waals surface area contributed by atoms with Crippen molar-refractivity contribution in [2.75, 3.05) is 19.8 Å². The van der Waals surface area contributed by atoms with E-state index in [0.29, 0.717) is 13.2 Å². The molecule has 0 bridgehead atoms. The predicted octanol–water partition coefficient (Wildman–Crippen LogP) is -0.0900. The van der Waals surface area contributed by atoms with Crippen molar-refractivity contribution in [3.05, 3.63) is 0 Å². The first-order valence-corrected chi connectivity index (χ1v) is 4.74. The maximum Gasteiger partial charge on any atom is 0.223 e. The molecule has 1 amide bonds. The Kier molecular flexibility index (Phi) is 4.18. The van der Waals surface area contributed by atoms with Gasteiger partial charge in [-0.2, -0.15) is 0 Å². The molecule has 4 nitrogen and oxygen atoms in total. The van der Waals surface area contributed by atoms with Crippen LogP contribution in [0, 0.1) is 5.92 Å². The lowest BCUT2D eigenvalue weighted by Gasteiger charge is -2.26. The fraction of sp³-hybridized carbons (Fsp3) is 0.889. The number of aliphatic hydroxyl groups is 1. The minimum atomic E-state index is 0.00448. The summed E-state index contributed by atoms with van der Waals surface area (Å²) < 4.78 is 5.33. The van der Waals surface area contributed by atoms with Crippen LogP contribution in [0.15, 0.2) is 0 Å². The highest BCUT2D eigenvalue weighted by Gasteiger charge is 2.24. The molecule has 0 aromatic heterocycles.